The van der Waals surface area contributed by atoms with Gasteiger partial charge < -0.3 is 10.4 Å². The molecule has 0 spiro atoms. The molecule has 0 aliphatic rings. The van der Waals surface area contributed by atoms with E-state index in [2.05, 4.69) is 4.99 Å². The van der Waals surface area contributed by atoms with E-state index in [1.54, 1.807) is 13.3 Å². The van der Waals surface area contributed by atoms with Crippen molar-refractivity contribution in [3.63, 3.8) is 0 Å². The molecule has 0 aromatic carbocycles. The van der Waals surface area contributed by atoms with Crippen LogP contribution >= 0.6 is 0 Å². The largest absolute Gasteiger partial charge is 0.308 e. The predicted molar refractivity (Wildman–Crippen MR) is 37.0 cm³/mol. The minimum Gasteiger partial charge on any atom is -0.308 e. The van der Waals surface area contributed by atoms with Crippen molar-refractivity contribution >= 4 is 11.9 Å². The summed E-state index contributed by atoms with van der Waals surface area (Å²) in [5, 5.41) is 15.2. The first-order chi connectivity index (χ1) is 4.31. The van der Waals surface area contributed by atoms with Crippen molar-refractivity contribution in [1.29, 1.82) is 10.7 Å². The van der Waals surface area contributed by atoms with E-state index in [4.69, 9.17) is 10.7 Å². The molecule has 3 heteroatoms. The third kappa shape index (κ3) is 4.69. The second-order valence-corrected chi connectivity index (χ2v) is 1.58. The molecule has 0 unspecified atom stereocenters. The van der Waals surface area contributed by atoms with E-state index in [-0.39, 0.29) is 6.42 Å². The highest BCUT2D eigenvalue weighted by Gasteiger charge is 1.89. The van der Waals surface area contributed by atoms with Crippen molar-refractivity contribution in [3.05, 3.63) is 0 Å². The first-order valence-electron chi connectivity index (χ1n) is 2.65. The van der Waals surface area contributed by atoms with Gasteiger partial charge in [0.25, 0.3) is 0 Å². The molecule has 0 aromatic rings. The molecule has 0 saturated carbocycles. The van der Waals surface area contributed by atoms with Crippen molar-refractivity contribution in [2.24, 2.45) is 4.99 Å². The minimum atomic E-state index is 0.214. The molecule has 0 aliphatic carbocycles. The molecular weight excluding hydrogens is 114 g/mol. The average Bonchev–Trinajstić information content (AvgIpc) is 1.85. The van der Waals surface area contributed by atoms with Crippen LogP contribution in [0, 0.1) is 16.7 Å². The second-order valence-electron chi connectivity index (χ2n) is 1.58. The number of nitrogens with zero attached hydrogens (tertiary/aromatic N) is 2. The van der Waals surface area contributed by atoms with Crippen molar-refractivity contribution in [2.45, 2.75) is 12.8 Å². The molecule has 0 aliphatic heterocycles. The Kier molecular flexibility index (Phi) is 4.33. The highest BCUT2D eigenvalue weighted by atomic mass is 14.6. The quantitative estimate of drug-likeness (QED) is 0.559. The topological polar surface area (TPSA) is 60.0 Å². The van der Waals surface area contributed by atoms with Crippen LogP contribution in [-0.4, -0.2) is 19.0 Å². The normalized spacial score (nSPS) is 9.33. The van der Waals surface area contributed by atoms with Crippen LogP contribution in [-0.2, 0) is 0 Å². The van der Waals surface area contributed by atoms with E-state index >= 15 is 0 Å². The van der Waals surface area contributed by atoms with Crippen molar-refractivity contribution in [2.75, 3.05) is 7.05 Å². The van der Waals surface area contributed by atoms with Crippen LogP contribution in [0.5, 0.6) is 0 Å². The lowest BCUT2D eigenvalue weighted by molar-refractivity contribution is 1.29. The molecule has 0 atom stereocenters. The number of aliphatic imine (C=N–C) groups is 1. The highest BCUT2D eigenvalue weighted by Crippen LogP contribution is 1.84. The van der Waals surface area contributed by atoms with E-state index < -0.39 is 0 Å². The summed E-state index contributed by atoms with van der Waals surface area (Å²) in [6.45, 7) is 0. The van der Waals surface area contributed by atoms with Gasteiger partial charge >= 0.3 is 0 Å². The maximum atomic E-state index is 8.10. The molecular formula is C6H9N3. The van der Waals surface area contributed by atoms with Gasteiger partial charge in [-0.05, 0) is 0 Å². The van der Waals surface area contributed by atoms with Gasteiger partial charge in [-0.25, -0.2) is 0 Å². The lowest BCUT2D eigenvalue weighted by atomic mass is 10.2. The van der Waals surface area contributed by atoms with Gasteiger partial charge in [0.1, 0.15) is 0 Å². The van der Waals surface area contributed by atoms with Crippen LogP contribution in [0.25, 0.3) is 0 Å². The Morgan fingerprint density at radius 2 is 2.56 bits per heavy atom. The van der Waals surface area contributed by atoms with Crippen LogP contribution in [0.1, 0.15) is 12.8 Å². The number of hydrogen-bond acceptors (Lipinski definition) is 3. The van der Waals surface area contributed by atoms with Crippen LogP contribution in [0.4, 0.5) is 0 Å². The number of nitrogens with one attached hydrogen (secondary N) is 1. The molecule has 48 valence electrons. The average molecular weight is 123 g/mol. The number of rotatable bonds is 3. The van der Waals surface area contributed by atoms with Gasteiger partial charge in [-0.3, -0.25) is 0 Å². The van der Waals surface area contributed by atoms with Crippen molar-refractivity contribution in [3.8, 4) is 6.07 Å². The van der Waals surface area contributed by atoms with Crippen LogP contribution < -0.4 is 0 Å². The van der Waals surface area contributed by atoms with Gasteiger partial charge in [0.15, 0.2) is 0 Å². The first-order valence-corrected chi connectivity index (χ1v) is 2.65. The minimum absolute atomic E-state index is 0.214. The highest BCUT2D eigenvalue weighted by molar-refractivity contribution is 5.94. The molecule has 3 nitrogen and oxygen atoms in total. The molecule has 0 aromatic heterocycles. The van der Waals surface area contributed by atoms with Crippen LogP contribution in [0.15, 0.2) is 4.99 Å². The van der Waals surface area contributed by atoms with Gasteiger partial charge in [0, 0.05) is 25.4 Å². The van der Waals surface area contributed by atoms with Gasteiger partial charge in [0.2, 0.25) is 0 Å². The fourth-order valence-corrected chi connectivity index (χ4v) is 0.369. The van der Waals surface area contributed by atoms with E-state index in [0.29, 0.717) is 12.1 Å². The summed E-state index contributed by atoms with van der Waals surface area (Å²) < 4.78 is 0. The van der Waals surface area contributed by atoms with Gasteiger partial charge in [-0.15, -0.1) is 0 Å². The second kappa shape index (κ2) is 4.98. The smallest absolute Gasteiger partial charge is 0.0732 e. The molecule has 0 amide bonds. The maximum absolute atomic E-state index is 8.10. The van der Waals surface area contributed by atoms with Crippen molar-refractivity contribution < 1.29 is 0 Å². The third-order valence-corrected chi connectivity index (χ3v) is 0.813. The molecule has 0 radical (unpaired) electrons. The number of hydrogen-bond donors (Lipinski definition) is 1. The van der Waals surface area contributed by atoms with E-state index in [0.717, 1.165) is 0 Å². The first kappa shape index (κ1) is 7.83. The summed E-state index contributed by atoms with van der Waals surface area (Å²) in [7, 11) is 1.65. The zero-order valence-electron chi connectivity index (χ0n) is 5.39. The molecule has 0 bridgehead atoms. The standard InChI is InChI=1S/C6H9N3/c1-9-5-3-6(8)2-4-7/h5,8H,2-3H2,1H3. The fourth-order valence-electron chi connectivity index (χ4n) is 0.369. The lowest BCUT2D eigenvalue weighted by Crippen LogP contribution is -1.94. The molecule has 0 rings (SSSR count). The third-order valence-electron chi connectivity index (χ3n) is 0.813. The zero-order chi connectivity index (χ0) is 7.11. The van der Waals surface area contributed by atoms with Crippen LogP contribution in [0.2, 0.25) is 0 Å². The van der Waals surface area contributed by atoms with Crippen LogP contribution in [0.3, 0.4) is 0 Å². The summed E-state index contributed by atoms with van der Waals surface area (Å²) in [5.41, 5.74) is 0.420. The molecule has 9 heavy (non-hydrogen) atoms. The molecule has 0 heterocycles. The SMILES string of the molecule is CN=CCC(=N)CC#N. The summed E-state index contributed by atoms with van der Waals surface area (Å²) in [4.78, 5) is 3.68. The predicted octanol–water partition coefficient (Wildman–Crippen LogP) is 1.01. The maximum Gasteiger partial charge on any atom is 0.0732 e. The molecule has 0 fully saturated rings. The van der Waals surface area contributed by atoms with Crippen molar-refractivity contribution in [1.82, 2.24) is 0 Å². The Labute approximate surface area is 54.5 Å². The summed E-state index contributed by atoms with van der Waals surface area (Å²) in [5.74, 6) is 0. The fraction of sp³-hybridized carbons (Fsp3) is 0.500. The Bertz CT molecular complexity index is 152. The summed E-state index contributed by atoms with van der Waals surface area (Å²) in [6, 6.07) is 1.89. The van der Waals surface area contributed by atoms with E-state index in [1.807, 2.05) is 6.07 Å². The van der Waals surface area contributed by atoms with Gasteiger partial charge in [-0.1, -0.05) is 0 Å². The lowest BCUT2D eigenvalue weighted by Gasteiger charge is -1.87. The Hall–Kier alpha value is -1.17. The zero-order valence-corrected chi connectivity index (χ0v) is 5.39. The Morgan fingerprint density at radius 1 is 1.89 bits per heavy atom. The van der Waals surface area contributed by atoms with E-state index in [9.17, 15) is 0 Å². The Balaban J connectivity index is 3.42. The van der Waals surface area contributed by atoms with Gasteiger partial charge in [-0.2, -0.15) is 5.26 Å². The number of nitriles is 1. The summed E-state index contributed by atoms with van der Waals surface area (Å²) >= 11 is 0. The monoisotopic (exact) mass is 123 g/mol. The van der Waals surface area contributed by atoms with Gasteiger partial charge in [0.05, 0.1) is 12.5 Å². The molecule has 1 N–H and O–H groups in total. The van der Waals surface area contributed by atoms with E-state index in [1.165, 1.54) is 0 Å². The summed E-state index contributed by atoms with van der Waals surface area (Å²) in [6.07, 6.45) is 2.34. The Morgan fingerprint density at radius 3 is 3.00 bits per heavy atom. The molecule has 0 saturated heterocycles.